The molecule has 4 heteroatoms. The van der Waals surface area contributed by atoms with E-state index in [0.29, 0.717) is 5.69 Å². The number of nitrogens with one attached hydrogen (secondary N) is 1. The average molecular weight is 246 g/mol. The van der Waals surface area contributed by atoms with E-state index < -0.39 is 0 Å². The third-order valence-electron chi connectivity index (χ3n) is 2.72. The molecule has 0 aliphatic rings. The lowest BCUT2D eigenvalue weighted by Gasteiger charge is -2.15. The van der Waals surface area contributed by atoms with Gasteiger partial charge in [-0.1, -0.05) is 6.07 Å². The molecule has 2 aromatic rings. The highest BCUT2D eigenvalue weighted by Gasteiger charge is 2.07. The van der Waals surface area contributed by atoms with E-state index in [9.17, 15) is 4.39 Å². The van der Waals surface area contributed by atoms with Crippen molar-refractivity contribution in [2.24, 2.45) is 0 Å². The van der Waals surface area contributed by atoms with Crippen molar-refractivity contribution in [3.05, 3.63) is 54.1 Å². The molecule has 3 nitrogen and oxygen atoms in total. The van der Waals surface area contributed by atoms with Crippen molar-refractivity contribution in [1.29, 1.82) is 0 Å². The Hall–Kier alpha value is -2.10. The second kappa shape index (κ2) is 5.49. The Morgan fingerprint density at radius 1 is 1.33 bits per heavy atom. The number of nitrogens with zero attached hydrogens (tertiary/aromatic N) is 1. The maximum absolute atomic E-state index is 13.5. The predicted molar refractivity (Wildman–Crippen MR) is 69.2 cm³/mol. The van der Waals surface area contributed by atoms with Gasteiger partial charge in [0, 0.05) is 24.1 Å². The summed E-state index contributed by atoms with van der Waals surface area (Å²) in [5.41, 5.74) is 1.76. The van der Waals surface area contributed by atoms with E-state index in [1.54, 1.807) is 24.5 Å². The molecule has 0 aliphatic carbocycles. The molecule has 0 bridgehead atoms. The molecular formula is C14H15FN2O. The van der Waals surface area contributed by atoms with Gasteiger partial charge >= 0.3 is 0 Å². The van der Waals surface area contributed by atoms with Crippen LogP contribution in [0.15, 0.2) is 42.7 Å². The fourth-order valence-electron chi connectivity index (χ4n) is 1.72. The number of benzene rings is 1. The summed E-state index contributed by atoms with van der Waals surface area (Å²) in [4.78, 5) is 4.06. The van der Waals surface area contributed by atoms with Gasteiger partial charge < -0.3 is 10.1 Å². The molecule has 1 heterocycles. The molecule has 0 amide bonds. The fourth-order valence-corrected chi connectivity index (χ4v) is 1.72. The lowest BCUT2D eigenvalue weighted by Crippen LogP contribution is -2.07. The van der Waals surface area contributed by atoms with Crippen LogP contribution in [0.4, 0.5) is 10.1 Å². The fraction of sp³-hybridized carbons (Fsp3) is 0.214. The molecule has 0 radical (unpaired) electrons. The van der Waals surface area contributed by atoms with E-state index in [4.69, 9.17) is 4.74 Å². The van der Waals surface area contributed by atoms with Gasteiger partial charge in [-0.05, 0) is 30.7 Å². The van der Waals surface area contributed by atoms with Crippen LogP contribution in [-0.4, -0.2) is 12.1 Å². The van der Waals surface area contributed by atoms with E-state index in [1.807, 2.05) is 19.1 Å². The minimum absolute atomic E-state index is 0.0616. The van der Waals surface area contributed by atoms with Crippen molar-refractivity contribution in [2.75, 3.05) is 12.4 Å². The molecule has 1 aromatic heterocycles. The topological polar surface area (TPSA) is 34.1 Å². The first kappa shape index (κ1) is 12.4. The number of ether oxygens (including phenoxy) is 1. The Morgan fingerprint density at radius 2 is 2.17 bits per heavy atom. The highest BCUT2D eigenvalue weighted by atomic mass is 19.1. The van der Waals surface area contributed by atoms with Crippen LogP contribution in [0, 0.1) is 5.82 Å². The van der Waals surface area contributed by atoms with Crippen LogP contribution in [0.5, 0.6) is 5.75 Å². The van der Waals surface area contributed by atoms with Crippen LogP contribution in [0.3, 0.4) is 0 Å². The third-order valence-corrected chi connectivity index (χ3v) is 2.72. The summed E-state index contributed by atoms with van der Waals surface area (Å²) in [5.74, 6) is -0.129. The average Bonchev–Trinajstić information content (AvgIpc) is 2.40. The Labute approximate surface area is 106 Å². The van der Waals surface area contributed by atoms with E-state index in [0.717, 1.165) is 5.56 Å². The van der Waals surface area contributed by atoms with E-state index >= 15 is 0 Å². The molecule has 0 saturated heterocycles. The zero-order valence-electron chi connectivity index (χ0n) is 10.4. The van der Waals surface area contributed by atoms with Gasteiger partial charge in [-0.3, -0.25) is 4.98 Å². The molecule has 1 unspecified atom stereocenters. The quantitative estimate of drug-likeness (QED) is 0.897. The Bertz CT molecular complexity index is 516. The number of pyridine rings is 1. The lowest BCUT2D eigenvalue weighted by molar-refractivity contribution is 0.386. The standard InChI is InChI=1S/C14H15FN2O/c1-10(11-4-3-7-16-9-11)17-12-5-6-14(18-2)13(15)8-12/h3-10,17H,1-2H3. The minimum Gasteiger partial charge on any atom is -0.494 e. The Kier molecular flexibility index (Phi) is 3.77. The van der Waals surface area contributed by atoms with Crippen LogP contribution in [0.1, 0.15) is 18.5 Å². The zero-order chi connectivity index (χ0) is 13.0. The molecule has 1 aromatic carbocycles. The van der Waals surface area contributed by atoms with E-state index in [-0.39, 0.29) is 17.6 Å². The largest absolute Gasteiger partial charge is 0.494 e. The molecule has 0 saturated carbocycles. The van der Waals surface area contributed by atoms with Crippen molar-refractivity contribution >= 4 is 5.69 Å². The lowest BCUT2D eigenvalue weighted by atomic mass is 10.1. The summed E-state index contributed by atoms with van der Waals surface area (Å²) in [7, 11) is 1.45. The molecule has 0 fully saturated rings. The molecular weight excluding hydrogens is 231 g/mol. The molecule has 0 spiro atoms. The first-order valence-corrected chi connectivity index (χ1v) is 5.70. The number of halogens is 1. The summed E-state index contributed by atoms with van der Waals surface area (Å²) in [6.07, 6.45) is 3.51. The van der Waals surface area contributed by atoms with Crippen molar-refractivity contribution in [3.63, 3.8) is 0 Å². The summed E-state index contributed by atoms with van der Waals surface area (Å²) in [5, 5.41) is 3.21. The van der Waals surface area contributed by atoms with Gasteiger partial charge in [0.2, 0.25) is 0 Å². The van der Waals surface area contributed by atoms with Crippen LogP contribution in [0.2, 0.25) is 0 Å². The highest BCUT2D eigenvalue weighted by molar-refractivity contribution is 5.48. The van der Waals surface area contributed by atoms with Gasteiger partial charge in [-0.2, -0.15) is 0 Å². The Morgan fingerprint density at radius 3 is 2.78 bits per heavy atom. The predicted octanol–water partition coefficient (Wildman–Crippen LogP) is 3.40. The summed E-state index contributed by atoms with van der Waals surface area (Å²) < 4.78 is 18.4. The molecule has 2 rings (SSSR count). The van der Waals surface area contributed by atoms with Crippen LogP contribution in [-0.2, 0) is 0 Å². The van der Waals surface area contributed by atoms with Crippen LogP contribution in [0.25, 0.3) is 0 Å². The second-order valence-corrected chi connectivity index (χ2v) is 4.00. The normalized spacial score (nSPS) is 11.9. The SMILES string of the molecule is COc1ccc(NC(C)c2cccnc2)cc1F. The van der Waals surface area contributed by atoms with Gasteiger partial charge in [0.25, 0.3) is 0 Å². The van der Waals surface area contributed by atoms with Crippen LogP contribution >= 0.6 is 0 Å². The van der Waals surface area contributed by atoms with Gasteiger partial charge in [0.15, 0.2) is 11.6 Å². The summed E-state index contributed by atoms with van der Waals surface area (Å²) >= 11 is 0. The molecule has 18 heavy (non-hydrogen) atoms. The number of rotatable bonds is 4. The first-order valence-electron chi connectivity index (χ1n) is 5.70. The number of methoxy groups -OCH3 is 1. The zero-order valence-corrected chi connectivity index (χ0v) is 10.4. The van der Waals surface area contributed by atoms with E-state index in [2.05, 4.69) is 10.3 Å². The third kappa shape index (κ3) is 2.77. The van der Waals surface area contributed by atoms with Crippen molar-refractivity contribution < 1.29 is 9.13 Å². The highest BCUT2D eigenvalue weighted by Crippen LogP contribution is 2.23. The minimum atomic E-state index is -0.374. The number of hydrogen-bond acceptors (Lipinski definition) is 3. The van der Waals surface area contributed by atoms with Gasteiger partial charge in [-0.15, -0.1) is 0 Å². The number of anilines is 1. The maximum atomic E-state index is 13.5. The van der Waals surface area contributed by atoms with Gasteiger partial charge in [-0.25, -0.2) is 4.39 Å². The first-order chi connectivity index (χ1) is 8.70. The molecule has 1 atom stereocenters. The van der Waals surface area contributed by atoms with Crippen molar-refractivity contribution in [2.45, 2.75) is 13.0 Å². The molecule has 1 N–H and O–H groups in total. The monoisotopic (exact) mass is 246 g/mol. The van der Waals surface area contributed by atoms with Gasteiger partial charge in [0.1, 0.15) is 0 Å². The Balaban J connectivity index is 2.12. The van der Waals surface area contributed by atoms with Crippen molar-refractivity contribution in [1.82, 2.24) is 4.98 Å². The van der Waals surface area contributed by atoms with Crippen molar-refractivity contribution in [3.8, 4) is 5.75 Å². The summed E-state index contributed by atoms with van der Waals surface area (Å²) in [6.45, 7) is 2.00. The number of aromatic nitrogens is 1. The second-order valence-electron chi connectivity index (χ2n) is 4.00. The smallest absolute Gasteiger partial charge is 0.167 e. The number of hydrogen-bond donors (Lipinski definition) is 1. The maximum Gasteiger partial charge on any atom is 0.167 e. The van der Waals surface area contributed by atoms with Crippen LogP contribution < -0.4 is 10.1 Å². The summed E-state index contributed by atoms with van der Waals surface area (Å²) in [6, 6.07) is 8.73. The van der Waals surface area contributed by atoms with Gasteiger partial charge in [0.05, 0.1) is 13.2 Å². The molecule has 0 aliphatic heterocycles. The van der Waals surface area contributed by atoms with E-state index in [1.165, 1.54) is 13.2 Å². The molecule has 94 valence electrons.